The van der Waals surface area contributed by atoms with Gasteiger partial charge in [-0.2, -0.15) is 9.90 Å². The minimum absolute atomic E-state index is 0.122. The molecule has 7 nitrogen and oxygen atoms in total. The van der Waals surface area contributed by atoms with Gasteiger partial charge in [-0.1, -0.05) is 29.8 Å². The first-order valence-corrected chi connectivity index (χ1v) is 9.89. The number of nitrogens with zero attached hydrogens (tertiary/aromatic N) is 4. The van der Waals surface area contributed by atoms with Gasteiger partial charge in [0.05, 0.1) is 17.1 Å². The normalized spacial score (nSPS) is 10.7. The third kappa shape index (κ3) is 4.65. The van der Waals surface area contributed by atoms with Gasteiger partial charge in [0, 0.05) is 19.0 Å². The average molecular weight is 410 g/mol. The van der Waals surface area contributed by atoms with Crippen molar-refractivity contribution in [1.29, 1.82) is 0 Å². The van der Waals surface area contributed by atoms with Crippen LogP contribution in [0.4, 0.5) is 10.5 Å². The van der Waals surface area contributed by atoms with Crippen LogP contribution in [0.5, 0.6) is 0 Å². The largest absolute Gasteiger partial charge is 0.339 e. The fourth-order valence-electron chi connectivity index (χ4n) is 2.75. The van der Waals surface area contributed by atoms with E-state index in [9.17, 15) is 9.59 Å². The molecule has 2 aromatic carbocycles. The van der Waals surface area contributed by atoms with Crippen LogP contribution < -0.4 is 5.32 Å². The lowest BCUT2D eigenvalue weighted by molar-refractivity contribution is 0.102. The van der Waals surface area contributed by atoms with Gasteiger partial charge in [-0.15, -0.1) is 5.10 Å². The van der Waals surface area contributed by atoms with Crippen LogP contribution in [0.1, 0.15) is 27.3 Å². The van der Waals surface area contributed by atoms with Gasteiger partial charge in [0.25, 0.3) is 11.1 Å². The maximum absolute atomic E-state index is 12.9. The summed E-state index contributed by atoms with van der Waals surface area (Å²) in [6.07, 6.45) is 0. The molecular weight excluding hydrogens is 386 g/mol. The van der Waals surface area contributed by atoms with E-state index in [4.69, 9.17) is 0 Å². The SMILES string of the molecule is Cc1ccc(-n2nc(C)c(C(=O)Nc3ccccc3SC(=O)N(C)C)n2)c(C)c1. The van der Waals surface area contributed by atoms with Crippen LogP contribution in [-0.4, -0.2) is 45.1 Å². The van der Waals surface area contributed by atoms with Crippen LogP contribution in [0, 0.1) is 20.8 Å². The second kappa shape index (κ2) is 8.48. The van der Waals surface area contributed by atoms with E-state index in [2.05, 4.69) is 15.5 Å². The van der Waals surface area contributed by atoms with Gasteiger partial charge in [-0.3, -0.25) is 9.59 Å². The molecule has 0 fully saturated rings. The highest BCUT2D eigenvalue weighted by Gasteiger charge is 2.19. The zero-order valence-electron chi connectivity index (χ0n) is 17.1. The predicted octanol–water partition coefficient (Wildman–Crippen LogP) is 4.22. The lowest BCUT2D eigenvalue weighted by Crippen LogP contribution is -2.17. The average Bonchev–Trinajstić information content (AvgIpc) is 3.04. The molecule has 29 heavy (non-hydrogen) atoms. The maximum Gasteiger partial charge on any atom is 0.286 e. The molecule has 0 radical (unpaired) electrons. The van der Waals surface area contributed by atoms with Crippen molar-refractivity contribution in [1.82, 2.24) is 19.9 Å². The minimum atomic E-state index is -0.371. The predicted molar refractivity (Wildman–Crippen MR) is 115 cm³/mol. The monoisotopic (exact) mass is 409 g/mol. The molecule has 2 amide bonds. The Kier molecular flexibility index (Phi) is 6.03. The van der Waals surface area contributed by atoms with Crippen molar-refractivity contribution in [2.24, 2.45) is 0 Å². The van der Waals surface area contributed by atoms with E-state index in [1.807, 2.05) is 38.1 Å². The summed E-state index contributed by atoms with van der Waals surface area (Å²) in [5.41, 5.74) is 4.31. The van der Waals surface area contributed by atoms with Gasteiger partial charge < -0.3 is 10.2 Å². The number of hydrogen-bond acceptors (Lipinski definition) is 5. The molecule has 3 aromatic rings. The number of carbonyl (C=O) groups is 2. The molecule has 1 heterocycles. The third-order valence-electron chi connectivity index (χ3n) is 4.26. The molecule has 0 aliphatic rings. The Morgan fingerprint density at radius 2 is 1.76 bits per heavy atom. The van der Waals surface area contributed by atoms with E-state index in [0.717, 1.165) is 28.6 Å². The molecule has 0 bridgehead atoms. The molecular formula is C21H23N5O2S. The quantitative estimate of drug-likeness (QED) is 0.653. The van der Waals surface area contributed by atoms with Crippen LogP contribution in [0.25, 0.3) is 5.69 Å². The lowest BCUT2D eigenvalue weighted by atomic mass is 10.1. The smallest absolute Gasteiger partial charge is 0.286 e. The number of thioether (sulfide) groups is 1. The Bertz CT molecular complexity index is 1070. The Morgan fingerprint density at radius 3 is 2.45 bits per heavy atom. The first kappa shape index (κ1) is 20.6. The minimum Gasteiger partial charge on any atom is -0.339 e. The summed E-state index contributed by atoms with van der Waals surface area (Å²) in [4.78, 5) is 28.5. The van der Waals surface area contributed by atoms with E-state index in [1.165, 1.54) is 9.70 Å². The Hall–Kier alpha value is -3.13. The number of carbonyl (C=O) groups excluding carboxylic acids is 2. The van der Waals surface area contributed by atoms with E-state index >= 15 is 0 Å². The number of nitrogens with one attached hydrogen (secondary N) is 1. The zero-order chi connectivity index (χ0) is 21.1. The molecule has 1 N–H and O–H groups in total. The highest BCUT2D eigenvalue weighted by atomic mass is 32.2. The van der Waals surface area contributed by atoms with Crippen molar-refractivity contribution in [2.45, 2.75) is 25.7 Å². The molecule has 8 heteroatoms. The van der Waals surface area contributed by atoms with Crippen LogP contribution in [0.15, 0.2) is 47.4 Å². The van der Waals surface area contributed by atoms with Crippen molar-refractivity contribution in [2.75, 3.05) is 19.4 Å². The van der Waals surface area contributed by atoms with Crippen molar-refractivity contribution in [3.63, 3.8) is 0 Å². The highest BCUT2D eigenvalue weighted by molar-refractivity contribution is 8.13. The maximum atomic E-state index is 12.9. The summed E-state index contributed by atoms with van der Waals surface area (Å²) < 4.78 is 0. The van der Waals surface area contributed by atoms with Crippen molar-refractivity contribution >= 4 is 28.6 Å². The first-order chi connectivity index (χ1) is 13.8. The molecule has 0 atom stereocenters. The fraction of sp³-hybridized carbons (Fsp3) is 0.238. The number of benzene rings is 2. The third-order valence-corrected chi connectivity index (χ3v) is 5.38. The number of rotatable bonds is 4. The lowest BCUT2D eigenvalue weighted by Gasteiger charge is -2.12. The number of anilines is 1. The van der Waals surface area contributed by atoms with E-state index in [0.29, 0.717) is 16.3 Å². The first-order valence-electron chi connectivity index (χ1n) is 9.07. The van der Waals surface area contributed by atoms with Gasteiger partial charge in [0.15, 0.2) is 5.69 Å². The van der Waals surface area contributed by atoms with Gasteiger partial charge in [-0.25, -0.2) is 0 Å². The summed E-state index contributed by atoms with van der Waals surface area (Å²) in [5, 5.41) is 11.5. The summed E-state index contributed by atoms with van der Waals surface area (Å²) in [5.74, 6) is -0.371. The second-order valence-electron chi connectivity index (χ2n) is 6.93. The summed E-state index contributed by atoms with van der Waals surface area (Å²) in [6, 6.07) is 13.1. The standard InChI is InChI=1S/C21H23N5O2S/c1-13-10-11-17(14(2)12-13)26-23-15(3)19(24-26)20(27)22-16-8-6-7-9-18(16)29-21(28)25(4)5/h6-12H,1-5H3,(H,22,27). The number of aromatic nitrogens is 3. The summed E-state index contributed by atoms with van der Waals surface area (Å²) in [7, 11) is 3.37. The van der Waals surface area contributed by atoms with Gasteiger partial charge >= 0.3 is 0 Å². The zero-order valence-corrected chi connectivity index (χ0v) is 17.9. The van der Waals surface area contributed by atoms with E-state index in [-0.39, 0.29) is 16.8 Å². The molecule has 0 unspecified atom stereocenters. The van der Waals surface area contributed by atoms with Crippen molar-refractivity contribution in [3.8, 4) is 5.69 Å². The van der Waals surface area contributed by atoms with Crippen LogP contribution in [0.3, 0.4) is 0 Å². The molecule has 0 saturated heterocycles. The van der Waals surface area contributed by atoms with Crippen LogP contribution in [0.2, 0.25) is 0 Å². The van der Waals surface area contributed by atoms with E-state index < -0.39 is 0 Å². The molecule has 0 aliphatic heterocycles. The molecule has 1 aromatic heterocycles. The van der Waals surface area contributed by atoms with Crippen LogP contribution in [-0.2, 0) is 0 Å². The van der Waals surface area contributed by atoms with Gasteiger partial charge in [-0.05, 0) is 56.3 Å². The number of aryl methyl sites for hydroxylation is 3. The highest BCUT2D eigenvalue weighted by Crippen LogP contribution is 2.29. The summed E-state index contributed by atoms with van der Waals surface area (Å²) in [6.45, 7) is 5.75. The topological polar surface area (TPSA) is 80.1 Å². The number of hydrogen-bond donors (Lipinski definition) is 1. The van der Waals surface area contributed by atoms with Gasteiger partial charge in [0.2, 0.25) is 0 Å². The number of para-hydroxylation sites is 1. The van der Waals surface area contributed by atoms with Crippen molar-refractivity contribution < 1.29 is 9.59 Å². The molecule has 3 rings (SSSR count). The molecule has 0 saturated carbocycles. The molecule has 0 aliphatic carbocycles. The van der Waals surface area contributed by atoms with E-state index in [1.54, 1.807) is 39.2 Å². The molecule has 150 valence electrons. The molecule has 0 spiro atoms. The summed E-state index contributed by atoms with van der Waals surface area (Å²) >= 11 is 1.06. The van der Waals surface area contributed by atoms with Crippen LogP contribution >= 0.6 is 11.8 Å². The Balaban J connectivity index is 1.86. The Morgan fingerprint density at radius 1 is 1.03 bits per heavy atom. The fourth-order valence-corrected chi connectivity index (χ4v) is 3.50. The Labute approximate surface area is 174 Å². The second-order valence-corrected chi connectivity index (χ2v) is 7.92. The van der Waals surface area contributed by atoms with Gasteiger partial charge in [0.1, 0.15) is 0 Å². The van der Waals surface area contributed by atoms with Crippen molar-refractivity contribution in [3.05, 3.63) is 65.0 Å². The number of amides is 2.